The summed E-state index contributed by atoms with van der Waals surface area (Å²) in [5, 5.41) is 0. The van der Waals surface area contributed by atoms with E-state index in [0.29, 0.717) is 0 Å². The van der Waals surface area contributed by atoms with Gasteiger partial charge in [-0.1, -0.05) is 22.3 Å². The van der Waals surface area contributed by atoms with E-state index in [1.165, 1.54) is 57.7 Å². The zero-order chi connectivity index (χ0) is 12.8. The van der Waals surface area contributed by atoms with Gasteiger partial charge in [-0.15, -0.1) is 0 Å². The molecule has 2 saturated carbocycles. The molecule has 0 spiro atoms. The summed E-state index contributed by atoms with van der Waals surface area (Å²) >= 11 is 0. The summed E-state index contributed by atoms with van der Waals surface area (Å²) in [4.78, 5) is 11.4. The van der Waals surface area contributed by atoms with Gasteiger partial charge in [0.05, 0.1) is 0 Å². The highest BCUT2D eigenvalue weighted by molar-refractivity contribution is 5.55. The molecule has 4 aliphatic rings. The minimum Gasteiger partial charge on any atom is -0.303 e. The van der Waals surface area contributed by atoms with Crippen LogP contribution in [0.15, 0.2) is 22.3 Å². The Hall–Kier alpha value is -0.850. The molecule has 0 amide bonds. The van der Waals surface area contributed by atoms with Crippen LogP contribution in [0, 0.1) is 17.8 Å². The summed E-state index contributed by atoms with van der Waals surface area (Å²) in [6.45, 7) is 0. The zero-order valence-electron chi connectivity index (χ0n) is 11.8. The summed E-state index contributed by atoms with van der Waals surface area (Å²) in [5.74, 6) is 2.17. The summed E-state index contributed by atoms with van der Waals surface area (Å²) in [6.07, 6.45) is 14.3. The van der Waals surface area contributed by atoms with Crippen LogP contribution in [0.1, 0.15) is 64.2 Å². The van der Waals surface area contributed by atoms with E-state index >= 15 is 0 Å². The number of allylic oxidation sites excluding steroid dienone is 4. The molecule has 19 heavy (non-hydrogen) atoms. The lowest BCUT2D eigenvalue weighted by Crippen LogP contribution is -2.08. The lowest BCUT2D eigenvalue weighted by molar-refractivity contribution is -0.111. The second-order valence-corrected chi connectivity index (χ2v) is 7.34. The molecule has 2 unspecified atom stereocenters. The van der Waals surface area contributed by atoms with Gasteiger partial charge in [0.25, 0.3) is 0 Å². The highest BCUT2D eigenvalue weighted by Crippen LogP contribution is 2.48. The molecule has 1 nitrogen and oxygen atoms in total. The SMILES string of the molecule is O=CC(CC1=C2CCC(C2)C1)CC1=C2CCC(C2)C1. The van der Waals surface area contributed by atoms with E-state index in [1.807, 2.05) is 0 Å². The highest BCUT2D eigenvalue weighted by Gasteiger charge is 2.33. The first-order valence-corrected chi connectivity index (χ1v) is 8.16. The third-order valence-corrected chi connectivity index (χ3v) is 6.06. The summed E-state index contributed by atoms with van der Waals surface area (Å²) in [5.41, 5.74) is 6.79. The van der Waals surface area contributed by atoms with Gasteiger partial charge in [0, 0.05) is 5.92 Å². The first-order valence-electron chi connectivity index (χ1n) is 8.16. The molecule has 0 aliphatic heterocycles. The Balaban J connectivity index is 1.43. The average molecular weight is 256 g/mol. The number of rotatable bonds is 5. The summed E-state index contributed by atoms with van der Waals surface area (Å²) < 4.78 is 0. The second-order valence-electron chi connectivity index (χ2n) is 7.34. The number of aldehydes is 1. The molecular weight excluding hydrogens is 232 g/mol. The van der Waals surface area contributed by atoms with Crippen molar-refractivity contribution in [1.29, 1.82) is 0 Å². The molecule has 0 aromatic rings. The Labute approximate surface area is 116 Å². The Morgan fingerprint density at radius 2 is 1.42 bits per heavy atom. The van der Waals surface area contributed by atoms with E-state index in [1.54, 1.807) is 22.3 Å². The average Bonchev–Trinajstić information content (AvgIpc) is 3.18. The van der Waals surface area contributed by atoms with Crippen molar-refractivity contribution >= 4 is 6.29 Å². The largest absolute Gasteiger partial charge is 0.303 e. The summed E-state index contributed by atoms with van der Waals surface area (Å²) in [6, 6.07) is 0. The highest BCUT2D eigenvalue weighted by atomic mass is 16.1. The maximum absolute atomic E-state index is 11.4. The smallest absolute Gasteiger partial charge is 0.123 e. The van der Waals surface area contributed by atoms with Crippen molar-refractivity contribution in [2.45, 2.75) is 64.2 Å². The van der Waals surface area contributed by atoms with E-state index in [2.05, 4.69) is 0 Å². The molecule has 0 heterocycles. The Bertz CT molecular complexity index is 428. The maximum atomic E-state index is 11.4. The van der Waals surface area contributed by atoms with Crippen LogP contribution in [0.5, 0.6) is 0 Å². The molecule has 0 aromatic carbocycles. The standard InChI is InChI=1S/C18H24O/c19-11-14(9-17-7-12-1-3-15(17)5-12)10-18-8-13-2-4-16(18)6-13/h11-14H,1-10H2. The van der Waals surface area contributed by atoms with Crippen molar-refractivity contribution < 1.29 is 4.79 Å². The third kappa shape index (κ3) is 2.11. The molecule has 0 aromatic heterocycles. The lowest BCUT2D eigenvalue weighted by Gasteiger charge is -2.19. The van der Waals surface area contributed by atoms with E-state index in [4.69, 9.17) is 0 Å². The monoisotopic (exact) mass is 256 g/mol. The Morgan fingerprint density at radius 1 is 0.895 bits per heavy atom. The molecule has 102 valence electrons. The molecule has 4 rings (SSSR count). The van der Waals surface area contributed by atoms with E-state index < -0.39 is 0 Å². The Morgan fingerprint density at radius 3 is 1.74 bits per heavy atom. The van der Waals surface area contributed by atoms with Crippen molar-refractivity contribution in [2.24, 2.45) is 17.8 Å². The topological polar surface area (TPSA) is 17.1 Å². The van der Waals surface area contributed by atoms with Gasteiger partial charge in [-0.3, -0.25) is 0 Å². The first kappa shape index (κ1) is 11.9. The maximum Gasteiger partial charge on any atom is 0.123 e. The number of hydrogen-bond acceptors (Lipinski definition) is 1. The van der Waals surface area contributed by atoms with Gasteiger partial charge in [-0.2, -0.15) is 0 Å². The minimum absolute atomic E-state index is 0.281. The quantitative estimate of drug-likeness (QED) is 0.519. The van der Waals surface area contributed by atoms with Gasteiger partial charge < -0.3 is 4.79 Å². The van der Waals surface area contributed by atoms with Crippen molar-refractivity contribution in [1.82, 2.24) is 0 Å². The fraction of sp³-hybridized carbons (Fsp3) is 0.722. The molecule has 2 fully saturated rings. The second kappa shape index (κ2) is 4.61. The number of hydrogen-bond donors (Lipinski definition) is 0. The summed E-state index contributed by atoms with van der Waals surface area (Å²) in [7, 11) is 0. The molecule has 2 atom stereocenters. The number of carbonyl (C=O) groups excluding carboxylic acids is 1. The van der Waals surface area contributed by atoms with Gasteiger partial charge in [0.1, 0.15) is 6.29 Å². The lowest BCUT2D eigenvalue weighted by atomic mass is 9.86. The first-order chi connectivity index (χ1) is 9.31. The molecule has 0 radical (unpaired) electrons. The van der Waals surface area contributed by atoms with Crippen LogP contribution in [0.4, 0.5) is 0 Å². The fourth-order valence-electron chi connectivity index (χ4n) is 5.09. The van der Waals surface area contributed by atoms with Crippen LogP contribution in [0.3, 0.4) is 0 Å². The van der Waals surface area contributed by atoms with Crippen molar-refractivity contribution in [3.05, 3.63) is 22.3 Å². The van der Waals surface area contributed by atoms with Crippen LogP contribution < -0.4 is 0 Å². The predicted molar refractivity (Wildman–Crippen MR) is 76.8 cm³/mol. The molecule has 4 bridgehead atoms. The Kier molecular flexibility index (Phi) is 2.90. The van der Waals surface area contributed by atoms with Gasteiger partial charge in [0.15, 0.2) is 0 Å². The molecular formula is C18H24O. The molecule has 4 aliphatic carbocycles. The predicted octanol–water partition coefficient (Wildman–Crippen LogP) is 4.58. The van der Waals surface area contributed by atoms with E-state index in [9.17, 15) is 4.79 Å². The van der Waals surface area contributed by atoms with Gasteiger partial charge in [-0.05, 0) is 76.0 Å². The van der Waals surface area contributed by atoms with Gasteiger partial charge >= 0.3 is 0 Å². The molecule has 0 saturated heterocycles. The van der Waals surface area contributed by atoms with Crippen molar-refractivity contribution in [3.8, 4) is 0 Å². The molecule has 1 heteroatoms. The minimum atomic E-state index is 0.281. The van der Waals surface area contributed by atoms with Crippen molar-refractivity contribution in [3.63, 3.8) is 0 Å². The van der Waals surface area contributed by atoms with E-state index in [0.717, 1.165) is 24.7 Å². The van der Waals surface area contributed by atoms with Gasteiger partial charge in [0.2, 0.25) is 0 Å². The number of carbonyl (C=O) groups is 1. The van der Waals surface area contributed by atoms with Crippen LogP contribution in [0.2, 0.25) is 0 Å². The fourth-order valence-corrected chi connectivity index (χ4v) is 5.09. The van der Waals surface area contributed by atoms with Crippen LogP contribution >= 0.6 is 0 Å². The van der Waals surface area contributed by atoms with Gasteiger partial charge in [-0.25, -0.2) is 0 Å². The third-order valence-electron chi connectivity index (χ3n) is 6.06. The van der Waals surface area contributed by atoms with Crippen LogP contribution in [-0.4, -0.2) is 6.29 Å². The van der Waals surface area contributed by atoms with Crippen molar-refractivity contribution in [2.75, 3.05) is 0 Å². The van der Waals surface area contributed by atoms with E-state index in [-0.39, 0.29) is 5.92 Å². The molecule has 0 N–H and O–H groups in total. The van der Waals surface area contributed by atoms with Crippen LogP contribution in [-0.2, 0) is 4.79 Å². The van der Waals surface area contributed by atoms with Crippen LogP contribution in [0.25, 0.3) is 0 Å². The zero-order valence-corrected chi connectivity index (χ0v) is 11.8. The number of fused-ring (bicyclic) bond motifs is 4. The normalized spacial score (nSPS) is 33.7.